The molecule has 5 heteroatoms. The number of methoxy groups -OCH3 is 1. The van der Waals surface area contributed by atoms with Gasteiger partial charge in [-0.3, -0.25) is 9.59 Å². The zero-order valence-electron chi connectivity index (χ0n) is 11.3. The second-order valence-electron chi connectivity index (χ2n) is 5.52. The lowest BCUT2D eigenvalue weighted by Gasteiger charge is -2.22. The Morgan fingerprint density at radius 3 is 2.60 bits per heavy atom. The van der Waals surface area contributed by atoms with Crippen molar-refractivity contribution in [1.29, 1.82) is 0 Å². The molecule has 0 N–H and O–H groups in total. The Bertz CT molecular complexity index is 578. The van der Waals surface area contributed by atoms with Gasteiger partial charge in [0, 0.05) is 17.0 Å². The largest absolute Gasteiger partial charge is 0.497 e. The van der Waals surface area contributed by atoms with Gasteiger partial charge < -0.3 is 4.74 Å². The van der Waals surface area contributed by atoms with Crippen molar-refractivity contribution in [2.45, 2.75) is 32.1 Å². The van der Waals surface area contributed by atoms with Crippen LogP contribution in [0.3, 0.4) is 0 Å². The number of nitrogens with zero attached hydrogens (tertiary/aromatic N) is 1. The number of amides is 2. The summed E-state index contributed by atoms with van der Waals surface area (Å²) in [5, 5.41) is 0. The fourth-order valence-corrected chi connectivity index (χ4v) is 3.70. The van der Waals surface area contributed by atoms with E-state index in [0.717, 1.165) is 30.2 Å². The van der Waals surface area contributed by atoms with Gasteiger partial charge in [0.25, 0.3) is 0 Å². The molecule has 1 saturated carbocycles. The van der Waals surface area contributed by atoms with Crippen LogP contribution in [0.15, 0.2) is 22.7 Å². The van der Waals surface area contributed by atoms with Gasteiger partial charge in [-0.05, 0) is 40.9 Å². The lowest BCUT2D eigenvalue weighted by Crippen LogP contribution is -2.34. The third-order valence-electron chi connectivity index (χ3n) is 4.35. The molecule has 0 bridgehead atoms. The van der Waals surface area contributed by atoms with Gasteiger partial charge in [-0.1, -0.05) is 12.8 Å². The van der Waals surface area contributed by atoms with E-state index < -0.39 is 5.41 Å². The highest BCUT2D eigenvalue weighted by Gasteiger charge is 2.53. The number of halogens is 1. The topological polar surface area (TPSA) is 46.6 Å². The fourth-order valence-electron chi connectivity index (χ4n) is 3.27. The van der Waals surface area contributed by atoms with Gasteiger partial charge in [0.1, 0.15) is 5.75 Å². The van der Waals surface area contributed by atoms with E-state index >= 15 is 0 Å². The fraction of sp³-hybridized carbons (Fsp3) is 0.467. The standard InChI is InChI=1S/C15H16BrNO3/c1-20-10-4-5-11(16)12(8-10)17-13(18)9-15(14(17)19)6-2-3-7-15/h4-5,8H,2-3,6-7,9H2,1H3. The Labute approximate surface area is 126 Å². The molecule has 1 heterocycles. The summed E-state index contributed by atoms with van der Waals surface area (Å²) in [5.74, 6) is 0.482. The highest BCUT2D eigenvalue weighted by Crippen LogP contribution is 2.49. The van der Waals surface area contributed by atoms with Crippen LogP contribution >= 0.6 is 15.9 Å². The van der Waals surface area contributed by atoms with E-state index in [0.29, 0.717) is 17.9 Å². The monoisotopic (exact) mass is 337 g/mol. The molecule has 1 aliphatic heterocycles. The minimum absolute atomic E-state index is 0.0473. The van der Waals surface area contributed by atoms with Crippen molar-refractivity contribution in [3.05, 3.63) is 22.7 Å². The summed E-state index contributed by atoms with van der Waals surface area (Å²) in [7, 11) is 1.57. The lowest BCUT2D eigenvalue weighted by atomic mass is 9.84. The summed E-state index contributed by atoms with van der Waals surface area (Å²) in [5.41, 5.74) is 0.141. The Morgan fingerprint density at radius 2 is 1.95 bits per heavy atom. The van der Waals surface area contributed by atoms with Crippen LogP contribution in [0.5, 0.6) is 5.75 Å². The number of benzene rings is 1. The van der Waals surface area contributed by atoms with Crippen LogP contribution in [-0.2, 0) is 9.59 Å². The number of ether oxygens (including phenoxy) is 1. The van der Waals surface area contributed by atoms with Gasteiger partial charge in [-0.2, -0.15) is 0 Å². The van der Waals surface area contributed by atoms with Crippen LogP contribution < -0.4 is 9.64 Å². The zero-order valence-corrected chi connectivity index (χ0v) is 12.9. The smallest absolute Gasteiger partial charge is 0.240 e. The molecule has 0 atom stereocenters. The van der Waals surface area contributed by atoms with E-state index in [-0.39, 0.29) is 11.8 Å². The highest BCUT2D eigenvalue weighted by molar-refractivity contribution is 9.10. The first-order chi connectivity index (χ1) is 9.57. The quantitative estimate of drug-likeness (QED) is 0.778. The molecule has 0 aromatic heterocycles. The van der Waals surface area contributed by atoms with Gasteiger partial charge in [-0.15, -0.1) is 0 Å². The summed E-state index contributed by atoms with van der Waals surface area (Å²) < 4.78 is 5.92. The van der Waals surface area contributed by atoms with Gasteiger partial charge >= 0.3 is 0 Å². The molecule has 0 unspecified atom stereocenters. The third-order valence-corrected chi connectivity index (χ3v) is 5.02. The molecule has 20 heavy (non-hydrogen) atoms. The van der Waals surface area contributed by atoms with E-state index in [1.54, 1.807) is 25.3 Å². The van der Waals surface area contributed by atoms with Crippen LogP contribution in [0.1, 0.15) is 32.1 Å². The van der Waals surface area contributed by atoms with Crippen molar-refractivity contribution in [2.24, 2.45) is 5.41 Å². The van der Waals surface area contributed by atoms with Crippen molar-refractivity contribution in [1.82, 2.24) is 0 Å². The number of rotatable bonds is 2. The Morgan fingerprint density at radius 1 is 1.25 bits per heavy atom. The van der Waals surface area contributed by atoms with Crippen LogP contribution in [0.4, 0.5) is 5.69 Å². The number of hydrogen-bond acceptors (Lipinski definition) is 3. The van der Waals surface area contributed by atoms with Crippen molar-refractivity contribution in [2.75, 3.05) is 12.0 Å². The maximum Gasteiger partial charge on any atom is 0.240 e. The average Bonchev–Trinajstić information content (AvgIpc) is 2.99. The number of imide groups is 1. The average molecular weight is 338 g/mol. The van der Waals surface area contributed by atoms with E-state index in [1.807, 2.05) is 0 Å². The Balaban J connectivity index is 2.02. The second-order valence-corrected chi connectivity index (χ2v) is 6.37. The van der Waals surface area contributed by atoms with Gasteiger partial charge in [0.15, 0.2) is 0 Å². The summed E-state index contributed by atoms with van der Waals surface area (Å²) in [4.78, 5) is 26.4. The van der Waals surface area contributed by atoms with E-state index in [4.69, 9.17) is 4.74 Å². The number of carbonyl (C=O) groups excluding carboxylic acids is 2. The molecule has 1 aromatic carbocycles. The molecule has 2 aliphatic rings. The van der Waals surface area contributed by atoms with Crippen LogP contribution in [0.25, 0.3) is 0 Å². The van der Waals surface area contributed by atoms with Gasteiger partial charge in [0.2, 0.25) is 11.8 Å². The van der Waals surface area contributed by atoms with Crippen LogP contribution in [-0.4, -0.2) is 18.9 Å². The SMILES string of the molecule is COc1ccc(Br)c(N2C(=O)CC3(CCCC3)C2=O)c1. The summed E-state index contributed by atoms with van der Waals surface area (Å²) in [6.07, 6.45) is 4.07. The summed E-state index contributed by atoms with van der Waals surface area (Å²) in [6, 6.07) is 5.33. The lowest BCUT2D eigenvalue weighted by molar-refractivity contribution is -0.125. The first kappa shape index (κ1) is 13.6. The molecular formula is C15H16BrNO3. The normalized spacial score (nSPS) is 21.0. The highest BCUT2D eigenvalue weighted by atomic mass is 79.9. The van der Waals surface area contributed by atoms with Crippen molar-refractivity contribution in [3.8, 4) is 5.75 Å². The molecular weight excluding hydrogens is 322 g/mol. The van der Waals surface area contributed by atoms with Gasteiger partial charge in [-0.25, -0.2) is 4.90 Å². The first-order valence-electron chi connectivity index (χ1n) is 6.78. The molecule has 0 radical (unpaired) electrons. The molecule has 1 aliphatic carbocycles. The molecule has 2 amide bonds. The van der Waals surface area contributed by atoms with E-state index in [2.05, 4.69) is 15.9 Å². The predicted molar refractivity (Wildman–Crippen MR) is 78.7 cm³/mol. The number of hydrogen-bond donors (Lipinski definition) is 0. The molecule has 2 fully saturated rings. The summed E-state index contributed by atoms with van der Waals surface area (Å²) >= 11 is 3.42. The summed E-state index contributed by atoms with van der Waals surface area (Å²) in [6.45, 7) is 0. The molecule has 1 saturated heterocycles. The minimum atomic E-state index is -0.445. The molecule has 4 nitrogen and oxygen atoms in total. The van der Waals surface area contributed by atoms with Crippen LogP contribution in [0.2, 0.25) is 0 Å². The van der Waals surface area contributed by atoms with Crippen LogP contribution in [0, 0.1) is 5.41 Å². The molecule has 3 rings (SSSR count). The molecule has 1 spiro atoms. The third kappa shape index (κ3) is 1.95. The predicted octanol–water partition coefficient (Wildman–Crippen LogP) is 3.28. The Hall–Kier alpha value is -1.36. The van der Waals surface area contributed by atoms with Crippen molar-refractivity contribution < 1.29 is 14.3 Å². The first-order valence-corrected chi connectivity index (χ1v) is 7.58. The van der Waals surface area contributed by atoms with Gasteiger partial charge in [0.05, 0.1) is 18.2 Å². The van der Waals surface area contributed by atoms with E-state index in [1.165, 1.54) is 4.90 Å². The maximum absolute atomic E-state index is 12.7. The number of carbonyl (C=O) groups is 2. The minimum Gasteiger partial charge on any atom is -0.497 e. The Kier molecular flexibility index (Phi) is 3.32. The molecule has 1 aromatic rings. The molecule has 106 valence electrons. The number of anilines is 1. The second kappa shape index (κ2) is 4.88. The van der Waals surface area contributed by atoms with E-state index in [9.17, 15) is 9.59 Å². The van der Waals surface area contributed by atoms with Crippen molar-refractivity contribution >= 4 is 33.4 Å². The van der Waals surface area contributed by atoms with Crippen molar-refractivity contribution in [3.63, 3.8) is 0 Å². The zero-order chi connectivity index (χ0) is 14.3. The maximum atomic E-state index is 12.7.